The molecule has 1 spiro atoms. The Morgan fingerprint density at radius 1 is 1.11 bits per heavy atom. The van der Waals surface area contributed by atoms with E-state index in [-0.39, 0.29) is 21.8 Å². The molecule has 2 aliphatic heterocycles. The van der Waals surface area contributed by atoms with Crippen molar-refractivity contribution >= 4 is 35.5 Å². The second-order valence-corrected chi connectivity index (χ2v) is 12.1. The molecule has 0 radical (unpaired) electrons. The summed E-state index contributed by atoms with van der Waals surface area (Å²) in [5.74, 6) is 3.02. The number of carbonyl (C=O) groups excluding carboxylic acids is 2. The molecule has 2 saturated heterocycles. The van der Waals surface area contributed by atoms with Gasteiger partial charge in [-0.15, -0.1) is 23.5 Å². The first kappa shape index (κ1) is 22.1. The van der Waals surface area contributed by atoms with E-state index in [0.717, 1.165) is 45.2 Å². The Morgan fingerprint density at radius 3 is 2.43 bits per heavy atom. The van der Waals surface area contributed by atoms with Gasteiger partial charge in [0.25, 0.3) is 0 Å². The Morgan fingerprint density at radius 2 is 1.79 bits per heavy atom. The van der Waals surface area contributed by atoms with E-state index in [1.807, 2.05) is 42.3 Å². The number of thioether (sulfide) groups is 2. The Kier molecular flexibility index (Phi) is 8.27. The lowest BCUT2D eigenvalue weighted by Crippen LogP contribution is -2.52. The monoisotopic (exact) mass is 428 g/mol. The number of nitrogens with zero attached hydrogens (tertiary/aromatic N) is 1. The summed E-state index contributed by atoms with van der Waals surface area (Å²) < 4.78 is 5.50. The molecule has 1 atom stereocenters. The second kappa shape index (κ2) is 10.5. The van der Waals surface area contributed by atoms with Crippen LogP contribution in [0.5, 0.6) is 0 Å². The number of amides is 2. The number of rotatable bonds is 5. The maximum atomic E-state index is 13.5. The van der Waals surface area contributed by atoms with Crippen molar-refractivity contribution in [2.75, 3.05) is 31.2 Å². The van der Waals surface area contributed by atoms with Gasteiger partial charge in [0.05, 0.1) is 10.7 Å². The van der Waals surface area contributed by atoms with Crippen molar-refractivity contribution in [3.05, 3.63) is 0 Å². The molecular formula is C21H36N2O3S2. The lowest BCUT2D eigenvalue weighted by atomic mass is 9.83. The fourth-order valence-electron chi connectivity index (χ4n) is 4.40. The molecule has 1 unspecified atom stereocenters. The summed E-state index contributed by atoms with van der Waals surface area (Å²) in [7, 11) is 0. The van der Waals surface area contributed by atoms with Gasteiger partial charge in [0.15, 0.2) is 0 Å². The van der Waals surface area contributed by atoms with E-state index in [2.05, 4.69) is 5.32 Å². The molecule has 7 heteroatoms. The van der Waals surface area contributed by atoms with E-state index < -0.39 is 12.1 Å². The van der Waals surface area contributed by atoms with Gasteiger partial charge in [0.2, 0.25) is 5.91 Å². The van der Waals surface area contributed by atoms with E-state index in [1.54, 1.807) is 0 Å². The van der Waals surface area contributed by atoms with E-state index in [4.69, 9.17) is 4.74 Å². The largest absolute Gasteiger partial charge is 0.449 e. The van der Waals surface area contributed by atoms with Crippen LogP contribution in [-0.2, 0) is 9.53 Å². The minimum Gasteiger partial charge on any atom is -0.449 e. The zero-order chi connectivity index (χ0) is 20.0. The normalized spacial score (nSPS) is 24.2. The molecule has 3 fully saturated rings. The minimum atomic E-state index is -0.440. The Bertz CT molecular complexity index is 530. The molecule has 0 aromatic heterocycles. The third-order valence-corrected chi connectivity index (χ3v) is 9.39. The number of nitrogens with one attached hydrogen (secondary N) is 1. The van der Waals surface area contributed by atoms with Gasteiger partial charge in [-0.1, -0.05) is 33.1 Å². The number of alkyl carbamates (subject to hydrolysis) is 1. The molecule has 160 valence electrons. The van der Waals surface area contributed by atoms with E-state index in [0.29, 0.717) is 6.61 Å². The van der Waals surface area contributed by atoms with Crippen molar-refractivity contribution in [1.29, 1.82) is 0 Å². The topological polar surface area (TPSA) is 58.6 Å². The third kappa shape index (κ3) is 5.97. The van der Waals surface area contributed by atoms with Crippen LogP contribution in [0.4, 0.5) is 4.79 Å². The minimum absolute atomic E-state index is 0.107. The summed E-state index contributed by atoms with van der Waals surface area (Å²) >= 11 is 4.09. The summed E-state index contributed by atoms with van der Waals surface area (Å²) in [6, 6.07) is -0.434. The molecule has 3 aliphatic rings. The average molecular weight is 429 g/mol. The molecule has 2 heterocycles. The fraction of sp³-hybridized carbons (Fsp3) is 0.905. The van der Waals surface area contributed by atoms with Crippen LogP contribution < -0.4 is 5.32 Å². The quantitative estimate of drug-likeness (QED) is 0.698. The number of carbonyl (C=O) groups is 2. The number of ether oxygens (including phenoxy) is 1. The average Bonchev–Trinajstić information content (AvgIpc) is 2.97. The van der Waals surface area contributed by atoms with Crippen molar-refractivity contribution in [1.82, 2.24) is 10.2 Å². The van der Waals surface area contributed by atoms with Crippen LogP contribution in [0.15, 0.2) is 0 Å². The van der Waals surface area contributed by atoms with Crippen LogP contribution in [0.3, 0.4) is 0 Å². The Hall–Kier alpha value is -0.560. The summed E-state index contributed by atoms with van der Waals surface area (Å²) in [5.41, 5.74) is 0. The van der Waals surface area contributed by atoms with Crippen molar-refractivity contribution in [3.8, 4) is 0 Å². The van der Waals surface area contributed by atoms with Crippen molar-refractivity contribution in [2.24, 2.45) is 11.8 Å². The maximum absolute atomic E-state index is 13.5. The summed E-state index contributed by atoms with van der Waals surface area (Å²) in [4.78, 5) is 27.8. The molecule has 2 amide bonds. The maximum Gasteiger partial charge on any atom is 0.407 e. The molecule has 0 aromatic rings. The van der Waals surface area contributed by atoms with Crippen molar-refractivity contribution < 1.29 is 14.3 Å². The van der Waals surface area contributed by atoms with Gasteiger partial charge >= 0.3 is 6.09 Å². The number of hydrogen-bond acceptors (Lipinski definition) is 5. The van der Waals surface area contributed by atoms with Crippen LogP contribution in [0, 0.1) is 11.8 Å². The van der Waals surface area contributed by atoms with Gasteiger partial charge in [-0.3, -0.25) is 4.79 Å². The highest BCUT2D eigenvalue weighted by Gasteiger charge is 2.44. The number of hydrogen-bond donors (Lipinski definition) is 1. The molecule has 1 aliphatic carbocycles. The van der Waals surface area contributed by atoms with Crippen LogP contribution in [0.1, 0.15) is 65.2 Å². The summed E-state index contributed by atoms with van der Waals surface area (Å²) in [6.45, 7) is 6.04. The van der Waals surface area contributed by atoms with E-state index in [1.165, 1.54) is 30.8 Å². The molecule has 3 rings (SSSR count). The zero-order valence-electron chi connectivity index (χ0n) is 17.4. The molecule has 1 saturated carbocycles. The Labute approximate surface area is 178 Å². The van der Waals surface area contributed by atoms with Gasteiger partial charge in [-0.25, -0.2) is 4.79 Å². The standard InChI is InChI=1S/C21H36N2O3S2/c1-16(2)14-26-20(25)22-18(17-8-4-3-5-9-17)19(24)23-11-10-21(15-23)27-12-6-7-13-28-21/h16-18H,3-15H2,1-2H3,(H,22,25). The van der Waals surface area contributed by atoms with Crippen molar-refractivity contribution in [3.63, 3.8) is 0 Å². The molecule has 28 heavy (non-hydrogen) atoms. The van der Waals surface area contributed by atoms with Crippen LogP contribution in [0.25, 0.3) is 0 Å². The first-order valence-electron chi connectivity index (χ1n) is 11.0. The first-order valence-corrected chi connectivity index (χ1v) is 13.0. The first-order chi connectivity index (χ1) is 13.5. The Balaban J connectivity index is 1.64. The molecular weight excluding hydrogens is 392 g/mol. The summed E-state index contributed by atoms with van der Waals surface area (Å²) in [6.07, 6.45) is 8.73. The van der Waals surface area contributed by atoms with Gasteiger partial charge in [0, 0.05) is 13.1 Å². The SMILES string of the molecule is CC(C)COC(=O)NC(C(=O)N1CCC2(C1)SCCCCS2)C1CCCCC1. The second-order valence-electron chi connectivity index (χ2n) is 8.84. The van der Waals surface area contributed by atoms with Crippen LogP contribution >= 0.6 is 23.5 Å². The number of likely N-dealkylation sites (tertiary alicyclic amines) is 1. The predicted octanol–water partition coefficient (Wildman–Crippen LogP) is 4.51. The zero-order valence-corrected chi connectivity index (χ0v) is 19.0. The summed E-state index contributed by atoms with van der Waals surface area (Å²) in [5, 5.41) is 2.96. The van der Waals surface area contributed by atoms with Crippen molar-refractivity contribution in [2.45, 2.75) is 75.3 Å². The predicted molar refractivity (Wildman–Crippen MR) is 118 cm³/mol. The third-order valence-electron chi connectivity index (χ3n) is 5.98. The van der Waals surface area contributed by atoms with Gasteiger partial charge < -0.3 is 15.0 Å². The van der Waals surface area contributed by atoms with Gasteiger partial charge in [-0.05, 0) is 55.4 Å². The van der Waals surface area contributed by atoms with Crippen LogP contribution in [-0.4, -0.2) is 58.2 Å². The smallest absolute Gasteiger partial charge is 0.407 e. The molecule has 0 aromatic carbocycles. The molecule has 5 nitrogen and oxygen atoms in total. The highest BCUT2D eigenvalue weighted by molar-refractivity contribution is 8.18. The highest BCUT2D eigenvalue weighted by atomic mass is 32.2. The van der Waals surface area contributed by atoms with E-state index >= 15 is 0 Å². The van der Waals surface area contributed by atoms with Crippen LogP contribution in [0.2, 0.25) is 0 Å². The lowest BCUT2D eigenvalue weighted by Gasteiger charge is -2.33. The molecule has 0 bridgehead atoms. The highest BCUT2D eigenvalue weighted by Crippen LogP contribution is 2.47. The fourth-order valence-corrected chi connectivity index (χ4v) is 7.64. The van der Waals surface area contributed by atoms with Gasteiger partial charge in [-0.2, -0.15) is 0 Å². The molecule has 1 N–H and O–H groups in total. The van der Waals surface area contributed by atoms with Gasteiger partial charge in [0.1, 0.15) is 6.04 Å². The lowest BCUT2D eigenvalue weighted by molar-refractivity contribution is -0.134. The van der Waals surface area contributed by atoms with E-state index in [9.17, 15) is 9.59 Å².